The molecular weight excluding hydrogens is 488 g/mol. The van der Waals surface area contributed by atoms with E-state index in [0.29, 0.717) is 0 Å². The van der Waals surface area contributed by atoms with Gasteiger partial charge in [0.25, 0.3) is 11.6 Å². The van der Waals surface area contributed by atoms with Gasteiger partial charge in [0.1, 0.15) is 73.8 Å². The Bertz CT molecular complexity index is 725. The highest BCUT2D eigenvalue weighted by atomic mass is 16.9. The number of hydrogen-bond donors (Lipinski definition) is 13. The minimum absolute atomic E-state index is 0.929. The highest BCUT2D eigenvalue weighted by molar-refractivity contribution is 5.13. The predicted octanol–water partition coefficient (Wildman–Crippen LogP) is -8.86. The molecule has 0 aromatic carbocycles. The summed E-state index contributed by atoms with van der Waals surface area (Å²) >= 11 is 0. The summed E-state index contributed by atoms with van der Waals surface area (Å²) in [6.07, 6.45) is -23.7. The lowest BCUT2D eigenvalue weighted by Crippen LogP contribution is -2.83. The van der Waals surface area contributed by atoms with E-state index in [1.54, 1.807) is 0 Å². The van der Waals surface area contributed by atoms with Gasteiger partial charge >= 0.3 is 0 Å². The van der Waals surface area contributed by atoms with Gasteiger partial charge in [-0.25, -0.2) is 0 Å². The molecular formula is C18H32O17. The zero-order chi connectivity index (χ0) is 26.5. The Labute approximate surface area is 197 Å². The molecule has 0 bridgehead atoms. The Kier molecular flexibility index (Phi) is 8.45. The van der Waals surface area contributed by atoms with E-state index < -0.39 is 111 Å². The molecule has 0 spiro atoms. The Morgan fingerprint density at radius 2 is 1.00 bits per heavy atom. The van der Waals surface area contributed by atoms with Crippen molar-refractivity contribution in [2.24, 2.45) is 0 Å². The van der Waals surface area contributed by atoms with Crippen LogP contribution in [-0.2, 0) is 18.9 Å². The Hall–Kier alpha value is -0.680. The standard InChI is InChI=1S/C18H32O17/c19-1-5-8(23)11(26)14(29)17(31,33-5)18(15(30)12(27)9(24)6(2-20)34-18)35-16(4-22)13(28)10(25)7(3-21)32-16/h5-15,19-31H,1-4H2/t5-,6-,7-,8+,9-,10-,11+,12+,13+,14-,15-,16?,17+,18-/m1/s1. The van der Waals surface area contributed by atoms with Crippen LogP contribution in [0, 0.1) is 0 Å². The molecule has 3 aliphatic rings. The first-order chi connectivity index (χ1) is 16.3. The number of ether oxygens (including phenoxy) is 4. The highest BCUT2D eigenvalue weighted by Gasteiger charge is 2.75. The van der Waals surface area contributed by atoms with Gasteiger partial charge in [-0.1, -0.05) is 0 Å². The first-order valence-electron chi connectivity index (χ1n) is 10.6. The fourth-order valence-electron chi connectivity index (χ4n) is 4.55. The third kappa shape index (κ3) is 4.19. The van der Waals surface area contributed by atoms with E-state index in [-0.39, 0.29) is 0 Å². The van der Waals surface area contributed by atoms with Gasteiger partial charge in [0.05, 0.1) is 19.8 Å². The van der Waals surface area contributed by atoms with Gasteiger partial charge in [-0.2, -0.15) is 0 Å². The van der Waals surface area contributed by atoms with Crippen LogP contribution >= 0.6 is 0 Å². The second kappa shape index (κ2) is 10.2. The van der Waals surface area contributed by atoms with E-state index in [0.717, 1.165) is 0 Å². The van der Waals surface area contributed by atoms with Gasteiger partial charge in [0.15, 0.2) is 0 Å². The van der Waals surface area contributed by atoms with E-state index in [4.69, 9.17) is 18.9 Å². The van der Waals surface area contributed by atoms with Crippen molar-refractivity contribution in [2.75, 3.05) is 26.4 Å². The van der Waals surface area contributed by atoms with Crippen molar-refractivity contribution in [1.29, 1.82) is 0 Å². The SMILES string of the molecule is OC[C@H]1O[C@](O)([C@@]2(OC3(CO)O[C@H](CO)[C@@H](O)[C@@H]3O)O[C@H](CO)[C@@H](O)[C@H](O)[C@H]2O)[C@H](O)[C@@H](O)[C@H]1O. The zero-order valence-electron chi connectivity index (χ0n) is 18.1. The Morgan fingerprint density at radius 1 is 0.543 bits per heavy atom. The van der Waals surface area contributed by atoms with Crippen LogP contribution in [0.4, 0.5) is 0 Å². The van der Waals surface area contributed by atoms with Crippen LogP contribution in [0.5, 0.6) is 0 Å². The molecule has 17 nitrogen and oxygen atoms in total. The number of hydrogen-bond acceptors (Lipinski definition) is 17. The molecule has 35 heavy (non-hydrogen) atoms. The topological polar surface area (TPSA) is 300 Å². The summed E-state index contributed by atoms with van der Waals surface area (Å²) < 4.78 is 21.2. The molecule has 17 heteroatoms. The fraction of sp³-hybridized carbons (Fsp3) is 1.00. The minimum Gasteiger partial charge on any atom is -0.394 e. The van der Waals surface area contributed by atoms with Crippen molar-refractivity contribution >= 4 is 0 Å². The van der Waals surface area contributed by atoms with Crippen molar-refractivity contribution in [3.8, 4) is 0 Å². The molecule has 0 aliphatic carbocycles. The highest BCUT2D eigenvalue weighted by Crippen LogP contribution is 2.49. The second-order valence-corrected chi connectivity index (χ2v) is 8.74. The summed E-state index contributed by atoms with van der Waals surface area (Å²) in [6.45, 7) is -4.53. The maximum Gasteiger partial charge on any atom is 0.259 e. The third-order valence-electron chi connectivity index (χ3n) is 6.65. The molecule has 3 saturated heterocycles. The molecule has 13 N–H and O–H groups in total. The van der Waals surface area contributed by atoms with Gasteiger partial charge in [0.2, 0.25) is 5.79 Å². The molecule has 3 aliphatic heterocycles. The first-order valence-corrected chi connectivity index (χ1v) is 10.6. The lowest BCUT2D eigenvalue weighted by Gasteiger charge is -2.59. The summed E-state index contributed by atoms with van der Waals surface area (Å²) in [7, 11) is 0. The van der Waals surface area contributed by atoms with Crippen LogP contribution in [0.25, 0.3) is 0 Å². The molecule has 0 aromatic heterocycles. The van der Waals surface area contributed by atoms with Crippen LogP contribution in [0.3, 0.4) is 0 Å². The minimum atomic E-state index is -3.60. The van der Waals surface area contributed by atoms with Gasteiger partial charge in [-0.05, 0) is 0 Å². The van der Waals surface area contributed by atoms with Crippen molar-refractivity contribution in [3.05, 3.63) is 0 Å². The third-order valence-corrected chi connectivity index (χ3v) is 6.65. The van der Waals surface area contributed by atoms with E-state index in [1.807, 2.05) is 0 Å². The van der Waals surface area contributed by atoms with E-state index >= 15 is 0 Å². The number of rotatable bonds is 7. The number of aliphatic hydroxyl groups excluding tert-OH is 12. The van der Waals surface area contributed by atoms with Crippen LogP contribution in [0.1, 0.15) is 0 Å². The second-order valence-electron chi connectivity index (χ2n) is 8.74. The van der Waals surface area contributed by atoms with Gasteiger partial charge < -0.3 is 85.3 Å². The van der Waals surface area contributed by atoms with Crippen LogP contribution < -0.4 is 0 Å². The Balaban J connectivity index is 2.21. The largest absolute Gasteiger partial charge is 0.394 e. The lowest BCUT2D eigenvalue weighted by atomic mass is 9.80. The summed E-state index contributed by atoms with van der Waals surface area (Å²) in [6, 6.07) is 0. The normalized spacial score (nSPS) is 55.3. The summed E-state index contributed by atoms with van der Waals surface area (Å²) in [5.74, 6) is -9.97. The zero-order valence-corrected chi connectivity index (χ0v) is 18.1. The molecule has 206 valence electrons. The molecule has 3 fully saturated rings. The van der Waals surface area contributed by atoms with Crippen molar-refractivity contribution < 1.29 is 85.3 Å². The maximum atomic E-state index is 11.5. The van der Waals surface area contributed by atoms with Crippen molar-refractivity contribution in [3.63, 3.8) is 0 Å². The van der Waals surface area contributed by atoms with Crippen LogP contribution in [0.15, 0.2) is 0 Å². The molecule has 3 heterocycles. The molecule has 0 aromatic rings. The summed E-state index contributed by atoms with van der Waals surface area (Å²) in [5.41, 5.74) is 0. The van der Waals surface area contributed by atoms with E-state index in [2.05, 4.69) is 0 Å². The Morgan fingerprint density at radius 3 is 1.46 bits per heavy atom. The summed E-state index contributed by atoms with van der Waals surface area (Å²) in [5, 5.41) is 133. The fourth-order valence-corrected chi connectivity index (χ4v) is 4.55. The molecule has 0 amide bonds. The van der Waals surface area contributed by atoms with Gasteiger partial charge in [-0.3, -0.25) is 0 Å². The average molecular weight is 520 g/mol. The molecule has 14 atom stereocenters. The average Bonchev–Trinajstić information content (AvgIpc) is 3.10. The van der Waals surface area contributed by atoms with E-state index in [1.165, 1.54) is 0 Å². The van der Waals surface area contributed by atoms with Crippen molar-refractivity contribution in [1.82, 2.24) is 0 Å². The molecule has 3 rings (SSSR count). The van der Waals surface area contributed by atoms with E-state index in [9.17, 15) is 66.4 Å². The predicted molar refractivity (Wildman–Crippen MR) is 103 cm³/mol. The lowest BCUT2D eigenvalue weighted by molar-refractivity contribution is -0.529. The number of aliphatic hydroxyl groups is 13. The summed E-state index contributed by atoms with van der Waals surface area (Å²) in [4.78, 5) is 0. The smallest absolute Gasteiger partial charge is 0.259 e. The van der Waals surface area contributed by atoms with Gasteiger partial charge in [0, 0.05) is 0 Å². The maximum absolute atomic E-state index is 11.5. The first kappa shape index (κ1) is 28.9. The van der Waals surface area contributed by atoms with Crippen LogP contribution in [0.2, 0.25) is 0 Å². The van der Waals surface area contributed by atoms with Crippen LogP contribution in [-0.4, -0.2) is 177 Å². The monoisotopic (exact) mass is 520 g/mol. The molecule has 1 unspecified atom stereocenters. The quantitative estimate of drug-likeness (QED) is 0.148. The molecule has 0 saturated carbocycles. The van der Waals surface area contributed by atoms with Gasteiger partial charge in [-0.15, -0.1) is 0 Å². The molecule has 0 radical (unpaired) electrons. The van der Waals surface area contributed by atoms with Crippen molar-refractivity contribution in [2.45, 2.75) is 84.5 Å².